The van der Waals surface area contributed by atoms with Crippen molar-refractivity contribution < 1.29 is 24.3 Å². The number of carboxylic acid groups (broad SMARTS) is 1. The number of carbonyl (C=O) groups excluding carboxylic acids is 3. The summed E-state index contributed by atoms with van der Waals surface area (Å²) in [5.41, 5.74) is 2.29. The first-order valence-corrected chi connectivity index (χ1v) is 10.8. The molecule has 1 N–H and O–H groups in total. The Morgan fingerprint density at radius 2 is 1.45 bits per heavy atom. The fourth-order valence-electron chi connectivity index (χ4n) is 6.40. The summed E-state index contributed by atoms with van der Waals surface area (Å²) in [5, 5.41) is 9.40. The van der Waals surface area contributed by atoms with Gasteiger partial charge in [0.1, 0.15) is 5.78 Å². The summed E-state index contributed by atoms with van der Waals surface area (Å²) in [7, 11) is 0. The lowest BCUT2D eigenvalue weighted by atomic mass is 9.46. The monoisotopic (exact) mass is 437 g/mol. The van der Waals surface area contributed by atoms with Gasteiger partial charge in [-0.3, -0.25) is 14.4 Å². The van der Waals surface area contributed by atoms with Gasteiger partial charge in [0, 0.05) is 5.92 Å². The van der Waals surface area contributed by atoms with Crippen LogP contribution in [0.3, 0.4) is 0 Å². The summed E-state index contributed by atoms with van der Waals surface area (Å²) in [6, 6.07) is 21.0. The number of benzene rings is 3. The molecule has 2 atom stereocenters. The summed E-state index contributed by atoms with van der Waals surface area (Å²) < 4.78 is 0. The smallest absolute Gasteiger partial charge is 0.335 e. The van der Waals surface area contributed by atoms with Crippen molar-refractivity contribution in [2.45, 2.75) is 18.3 Å². The molecule has 0 saturated carbocycles. The SMILES string of the molecule is CC(=O)C12c3ccccc3C(c3ccccc31)[C@H]1C(=O)N(c3cccc(C(=O)O)c3)C(=O)[C@H]12. The highest BCUT2D eigenvalue weighted by Crippen LogP contribution is 2.64. The minimum absolute atomic E-state index is 0.0150. The zero-order chi connectivity index (χ0) is 23.1. The van der Waals surface area contributed by atoms with Crippen LogP contribution in [0.2, 0.25) is 0 Å². The maximum atomic E-state index is 14.0. The second kappa shape index (κ2) is 6.48. The molecule has 6 nitrogen and oxygen atoms in total. The van der Waals surface area contributed by atoms with E-state index in [4.69, 9.17) is 0 Å². The Morgan fingerprint density at radius 3 is 2.03 bits per heavy atom. The molecule has 162 valence electrons. The van der Waals surface area contributed by atoms with E-state index in [9.17, 15) is 24.3 Å². The number of imide groups is 1. The molecule has 2 bridgehead atoms. The standard InChI is InChI=1S/C27H19NO5/c1-14(29)27-19-11-4-2-9-17(19)21(18-10-3-5-12-20(18)27)22-23(27)25(31)28(24(22)30)16-8-6-7-15(13-16)26(32)33/h2-13,21-23H,1H3,(H,32,33)/t21?,22-,23+,27?/m1/s1. The number of amides is 2. The number of ketones is 1. The lowest BCUT2D eigenvalue weighted by Gasteiger charge is -2.52. The van der Waals surface area contributed by atoms with Crippen molar-refractivity contribution in [3.63, 3.8) is 0 Å². The van der Waals surface area contributed by atoms with Gasteiger partial charge in [-0.1, -0.05) is 54.6 Å². The largest absolute Gasteiger partial charge is 0.478 e. The van der Waals surface area contributed by atoms with Crippen molar-refractivity contribution in [2.75, 3.05) is 4.90 Å². The second-order valence-corrected chi connectivity index (χ2v) is 8.89. The molecule has 0 aromatic heterocycles. The highest BCUT2D eigenvalue weighted by molar-refractivity contribution is 6.25. The third-order valence-corrected chi connectivity index (χ3v) is 7.52. The van der Waals surface area contributed by atoms with Gasteiger partial charge in [0.25, 0.3) is 0 Å². The molecule has 3 aliphatic carbocycles. The molecule has 6 heteroatoms. The molecule has 2 amide bonds. The molecule has 4 aliphatic rings. The van der Waals surface area contributed by atoms with Crippen molar-refractivity contribution in [1.82, 2.24) is 0 Å². The summed E-state index contributed by atoms with van der Waals surface area (Å²) in [6.07, 6.45) is 0. The zero-order valence-electron chi connectivity index (χ0n) is 17.7. The Kier molecular flexibility index (Phi) is 3.85. The Balaban J connectivity index is 1.64. The number of hydrogen-bond acceptors (Lipinski definition) is 4. The van der Waals surface area contributed by atoms with Crippen molar-refractivity contribution in [2.24, 2.45) is 11.8 Å². The van der Waals surface area contributed by atoms with E-state index >= 15 is 0 Å². The highest BCUT2D eigenvalue weighted by Gasteiger charge is 2.69. The summed E-state index contributed by atoms with van der Waals surface area (Å²) in [5.74, 6) is -4.16. The molecule has 1 fully saturated rings. The number of hydrogen-bond donors (Lipinski definition) is 1. The molecule has 1 aliphatic heterocycles. The topological polar surface area (TPSA) is 91.8 Å². The molecule has 3 aromatic rings. The molecule has 0 unspecified atom stereocenters. The number of rotatable bonds is 3. The molecular formula is C27H19NO5. The van der Waals surface area contributed by atoms with Gasteiger partial charge >= 0.3 is 5.97 Å². The first-order valence-electron chi connectivity index (χ1n) is 10.8. The van der Waals surface area contributed by atoms with Crippen LogP contribution in [-0.2, 0) is 19.8 Å². The Morgan fingerprint density at radius 1 is 0.848 bits per heavy atom. The van der Waals surface area contributed by atoms with E-state index in [0.717, 1.165) is 27.2 Å². The minimum atomic E-state index is -1.27. The molecule has 3 aromatic carbocycles. The van der Waals surface area contributed by atoms with Gasteiger partial charge in [0.2, 0.25) is 11.8 Å². The lowest BCUT2D eigenvalue weighted by molar-refractivity contribution is -0.132. The van der Waals surface area contributed by atoms with Gasteiger partial charge < -0.3 is 5.11 Å². The van der Waals surface area contributed by atoms with Crippen LogP contribution in [0.5, 0.6) is 0 Å². The third kappa shape index (κ3) is 2.22. The van der Waals surface area contributed by atoms with Gasteiger partial charge in [-0.15, -0.1) is 0 Å². The van der Waals surface area contributed by atoms with Crippen LogP contribution in [0.25, 0.3) is 0 Å². The van der Waals surface area contributed by atoms with Crippen molar-refractivity contribution in [3.05, 3.63) is 101 Å². The van der Waals surface area contributed by atoms with Crippen LogP contribution in [0, 0.1) is 11.8 Å². The minimum Gasteiger partial charge on any atom is -0.478 e. The van der Waals surface area contributed by atoms with E-state index in [1.165, 1.54) is 25.1 Å². The first-order chi connectivity index (χ1) is 15.9. The summed E-state index contributed by atoms with van der Waals surface area (Å²) in [6.45, 7) is 1.49. The lowest BCUT2D eigenvalue weighted by Crippen LogP contribution is -2.57. The molecule has 1 heterocycles. The first kappa shape index (κ1) is 19.6. The van der Waals surface area contributed by atoms with Crippen molar-refractivity contribution in [1.29, 1.82) is 0 Å². The average Bonchev–Trinajstić information content (AvgIpc) is 3.09. The average molecular weight is 437 g/mol. The van der Waals surface area contributed by atoms with E-state index in [1.54, 1.807) is 6.07 Å². The predicted octanol–water partition coefficient (Wildman–Crippen LogP) is 3.52. The second-order valence-electron chi connectivity index (χ2n) is 8.89. The van der Waals surface area contributed by atoms with Gasteiger partial charge in [0.05, 0.1) is 28.5 Å². The Bertz CT molecular complexity index is 1360. The Hall–Kier alpha value is -4.06. The summed E-state index contributed by atoms with van der Waals surface area (Å²) >= 11 is 0. The van der Waals surface area contributed by atoms with Gasteiger partial charge in [-0.2, -0.15) is 0 Å². The number of carboxylic acids is 1. The van der Waals surface area contributed by atoms with E-state index in [0.29, 0.717) is 0 Å². The maximum absolute atomic E-state index is 14.0. The maximum Gasteiger partial charge on any atom is 0.335 e. The summed E-state index contributed by atoms with van der Waals surface area (Å²) in [4.78, 5) is 53.9. The van der Waals surface area contributed by atoms with E-state index in [-0.39, 0.29) is 23.0 Å². The molecule has 7 rings (SSSR count). The quantitative estimate of drug-likeness (QED) is 0.633. The van der Waals surface area contributed by atoms with Gasteiger partial charge in [-0.25, -0.2) is 9.69 Å². The van der Waals surface area contributed by atoms with Crippen LogP contribution >= 0.6 is 0 Å². The van der Waals surface area contributed by atoms with Crippen LogP contribution in [-0.4, -0.2) is 28.7 Å². The van der Waals surface area contributed by atoms with Crippen molar-refractivity contribution in [3.8, 4) is 0 Å². The van der Waals surface area contributed by atoms with Gasteiger partial charge in [-0.05, 0) is 47.4 Å². The molecule has 1 saturated heterocycles. The molecule has 33 heavy (non-hydrogen) atoms. The number of carbonyl (C=O) groups is 4. The van der Waals surface area contributed by atoms with Crippen LogP contribution in [0.1, 0.15) is 45.5 Å². The van der Waals surface area contributed by atoms with Crippen molar-refractivity contribution >= 4 is 29.3 Å². The Labute approximate surface area is 189 Å². The van der Waals surface area contributed by atoms with E-state index in [2.05, 4.69) is 0 Å². The van der Waals surface area contributed by atoms with Crippen LogP contribution in [0.4, 0.5) is 5.69 Å². The number of anilines is 1. The number of nitrogens with zero attached hydrogens (tertiary/aromatic N) is 1. The molecule has 0 spiro atoms. The predicted molar refractivity (Wildman–Crippen MR) is 119 cm³/mol. The fraction of sp³-hybridized carbons (Fsp3) is 0.185. The molecule has 0 radical (unpaired) electrons. The fourth-order valence-corrected chi connectivity index (χ4v) is 6.40. The normalized spacial score (nSPS) is 26.6. The van der Waals surface area contributed by atoms with E-state index < -0.39 is 35.0 Å². The number of Topliss-reactive ketones (excluding diaryl/α,β-unsaturated/α-hetero) is 1. The van der Waals surface area contributed by atoms with Crippen LogP contribution in [0.15, 0.2) is 72.8 Å². The molecular weight excluding hydrogens is 418 g/mol. The van der Waals surface area contributed by atoms with Gasteiger partial charge in [0.15, 0.2) is 0 Å². The number of aromatic carboxylic acids is 1. The highest BCUT2D eigenvalue weighted by atomic mass is 16.4. The third-order valence-electron chi connectivity index (χ3n) is 7.52. The van der Waals surface area contributed by atoms with Crippen LogP contribution < -0.4 is 4.90 Å². The van der Waals surface area contributed by atoms with E-state index in [1.807, 2.05) is 48.5 Å². The zero-order valence-corrected chi connectivity index (χ0v) is 17.7.